The molecule has 112 valence electrons. The molecule has 0 spiro atoms. The summed E-state index contributed by atoms with van der Waals surface area (Å²) in [5, 5.41) is 0.344. The second-order valence-corrected chi connectivity index (χ2v) is 5.10. The molecular formula is C14H23ClN4O. The lowest BCUT2D eigenvalue weighted by molar-refractivity contribution is 0.0729. The maximum Gasteiger partial charge on any atom is 0.274 e. The molecule has 0 radical (unpaired) electrons. The normalized spacial score (nSPS) is 10.7. The Morgan fingerprint density at radius 2 is 2.05 bits per heavy atom. The molecule has 1 aromatic rings. The molecule has 0 aromatic carbocycles. The Morgan fingerprint density at radius 1 is 1.40 bits per heavy atom. The van der Waals surface area contributed by atoms with Crippen LogP contribution in [0.4, 0.5) is 5.82 Å². The largest absolute Gasteiger partial charge is 0.337 e. The van der Waals surface area contributed by atoms with Crippen molar-refractivity contribution >= 4 is 23.3 Å². The first-order valence-corrected chi connectivity index (χ1v) is 7.37. The first-order chi connectivity index (χ1) is 9.57. The smallest absolute Gasteiger partial charge is 0.274 e. The molecule has 1 rings (SSSR count). The van der Waals surface area contributed by atoms with Crippen LogP contribution >= 0.6 is 11.6 Å². The number of hydrogen-bond donors (Lipinski definition) is 2. The van der Waals surface area contributed by atoms with Crippen LogP contribution in [0.15, 0.2) is 12.1 Å². The highest BCUT2D eigenvalue weighted by atomic mass is 35.5. The summed E-state index contributed by atoms with van der Waals surface area (Å²) in [4.78, 5) is 18.5. The summed E-state index contributed by atoms with van der Waals surface area (Å²) >= 11 is 6.07. The number of hydrogen-bond acceptors (Lipinski definition) is 4. The molecule has 20 heavy (non-hydrogen) atoms. The van der Waals surface area contributed by atoms with Gasteiger partial charge in [-0.05, 0) is 25.0 Å². The highest BCUT2D eigenvalue weighted by Crippen LogP contribution is 2.19. The Balaban J connectivity index is 2.95. The zero-order valence-corrected chi connectivity index (χ0v) is 13.1. The number of carbonyl (C=O) groups excluding carboxylic acids is 1. The number of aromatic nitrogens is 1. The summed E-state index contributed by atoms with van der Waals surface area (Å²) in [6.07, 6.45) is 2.09. The third-order valence-corrected chi connectivity index (χ3v) is 3.80. The van der Waals surface area contributed by atoms with Gasteiger partial charge in [0.1, 0.15) is 11.5 Å². The number of nitrogens with zero attached hydrogens (tertiary/aromatic N) is 2. The van der Waals surface area contributed by atoms with Crippen molar-refractivity contribution in [3.05, 3.63) is 22.8 Å². The molecule has 0 unspecified atom stereocenters. The Labute approximate surface area is 125 Å². The van der Waals surface area contributed by atoms with Crippen LogP contribution in [0, 0.1) is 5.92 Å². The zero-order chi connectivity index (χ0) is 15.1. The highest BCUT2D eigenvalue weighted by molar-refractivity contribution is 6.33. The standard InChI is InChI=1S/C14H23ClN4O/c1-4-10(5-2)9-19(6-3)14(20)13-11(15)7-8-12(17-13)18-16/h7-8,10H,4-6,9,16H2,1-3H3,(H,17,18). The molecule has 3 N–H and O–H groups in total. The molecule has 6 heteroatoms. The summed E-state index contributed by atoms with van der Waals surface area (Å²) in [7, 11) is 0. The Kier molecular flexibility index (Phi) is 6.75. The molecule has 0 bridgehead atoms. The Bertz CT molecular complexity index is 449. The lowest BCUT2D eigenvalue weighted by Gasteiger charge is -2.25. The number of rotatable bonds is 7. The van der Waals surface area contributed by atoms with Crippen LogP contribution in [-0.2, 0) is 0 Å². The van der Waals surface area contributed by atoms with E-state index in [1.54, 1.807) is 17.0 Å². The minimum absolute atomic E-state index is 0.151. The van der Waals surface area contributed by atoms with E-state index in [1.807, 2.05) is 6.92 Å². The maximum atomic E-state index is 12.5. The Morgan fingerprint density at radius 3 is 2.55 bits per heavy atom. The van der Waals surface area contributed by atoms with Crippen LogP contribution < -0.4 is 11.3 Å². The molecular weight excluding hydrogens is 276 g/mol. The molecule has 1 heterocycles. The second kappa shape index (κ2) is 8.07. The quantitative estimate of drug-likeness (QED) is 0.600. The lowest BCUT2D eigenvalue weighted by atomic mass is 10.0. The second-order valence-electron chi connectivity index (χ2n) is 4.70. The highest BCUT2D eigenvalue weighted by Gasteiger charge is 2.21. The van der Waals surface area contributed by atoms with Crippen molar-refractivity contribution in [2.24, 2.45) is 11.8 Å². The SMILES string of the molecule is CCC(CC)CN(CC)C(=O)c1nc(NN)ccc1Cl. The van der Waals surface area contributed by atoms with Gasteiger partial charge in [0.2, 0.25) is 0 Å². The molecule has 1 aromatic heterocycles. The number of amides is 1. The third kappa shape index (κ3) is 4.08. The van der Waals surface area contributed by atoms with Gasteiger partial charge >= 0.3 is 0 Å². The van der Waals surface area contributed by atoms with Gasteiger partial charge in [0.25, 0.3) is 5.91 Å². The van der Waals surface area contributed by atoms with Gasteiger partial charge in [-0.15, -0.1) is 0 Å². The van der Waals surface area contributed by atoms with Gasteiger partial charge in [0, 0.05) is 13.1 Å². The monoisotopic (exact) mass is 298 g/mol. The number of nitrogen functional groups attached to an aromatic ring is 1. The van der Waals surface area contributed by atoms with E-state index in [4.69, 9.17) is 17.4 Å². The van der Waals surface area contributed by atoms with Crippen LogP contribution in [0.2, 0.25) is 5.02 Å². The molecule has 0 fully saturated rings. The third-order valence-electron chi connectivity index (χ3n) is 3.50. The molecule has 1 amide bonds. The lowest BCUT2D eigenvalue weighted by Crippen LogP contribution is -2.35. The predicted molar refractivity (Wildman–Crippen MR) is 82.7 cm³/mol. The average molecular weight is 299 g/mol. The fourth-order valence-corrected chi connectivity index (χ4v) is 2.22. The van der Waals surface area contributed by atoms with E-state index < -0.39 is 0 Å². The van der Waals surface area contributed by atoms with Gasteiger partial charge in [-0.25, -0.2) is 10.8 Å². The number of carbonyl (C=O) groups is 1. The number of pyridine rings is 1. The average Bonchev–Trinajstić information content (AvgIpc) is 2.48. The number of halogens is 1. The van der Waals surface area contributed by atoms with E-state index in [0.29, 0.717) is 23.3 Å². The fourth-order valence-electron chi connectivity index (χ4n) is 2.04. The number of nitrogens with two attached hydrogens (primary N) is 1. The predicted octanol–water partition coefficient (Wildman–Crippen LogP) is 2.92. The molecule has 0 aliphatic rings. The molecule has 0 aliphatic heterocycles. The summed E-state index contributed by atoms with van der Waals surface area (Å²) in [5.41, 5.74) is 2.67. The van der Waals surface area contributed by atoms with Gasteiger partial charge < -0.3 is 10.3 Å². The Hall–Kier alpha value is -1.33. The van der Waals surface area contributed by atoms with Gasteiger partial charge in [-0.2, -0.15) is 0 Å². The van der Waals surface area contributed by atoms with Gasteiger partial charge in [-0.1, -0.05) is 38.3 Å². The van der Waals surface area contributed by atoms with Gasteiger partial charge in [0.15, 0.2) is 0 Å². The first-order valence-electron chi connectivity index (χ1n) is 6.99. The molecule has 0 aliphatic carbocycles. The molecule has 0 saturated heterocycles. The topological polar surface area (TPSA) is 71.2 Å². The van der Waals surface area contributed by atoms with Crippen molar-refractivity contribution in [3.8, 4) is 0 Å². The van der Waals surface area contributed by atoms with Crippen LogP contribution in [0.3, 0.4) is 0 Å². The van der Waals surface area contributed by atoms with Crippen LogP contribution in [0.25, 0.3) is 0 Å². The van der Waals surface area contributed by atoms with E-state index in [2.05, 4.69) is 24.3 Å². The summed E-state index contributed by atoms with van der Waals surface area (Å²) in [5.74, 6) is 6.09. The van der Waals surface area contributed by atoms with Crippen molar-refractivity contribution in [2.75, 3.05) is 18.5 Å². The van der Waals surface area contributed by atoms with Gasteiger partial charge in [0.05, 0.1) is 5.02 Å². The van der Waals surface area contributed by atoms with E-state index in [0.717, 1.165) is 19.4 Å². The molecule has 0 atom stereocenters. The molecule has 0 saturated carbocycles. The van der Waals surface area contributed by atoms with Crippen LogP contribution in [0.5, 0.6) is 0 Å². The minimum atomic E-state index is -0.151. The van der Waals surface area contributed by atoms with Gasteiger partial charge in [-0.3, -0.25) is 4.79 Å². The van der Waals surface area contributed by atoms with Crippen LogP contribution in [-0.4, -0.2) is 28.9 Å². The fraction of sp³-hybridized carbons (Fsp3) is 0.571. The van der Waals surface area contributed by atoms with Crippen molar-refractivity contribution in [3.63, 3.8) is 0 Å². The van der Waals surface area contributed by atoms with E-state index in [9.17, 15) is 4.79 Å². The van der Waals surface area contributed by atoms with Crippen molar-refractivity contribution in [1.29, 1.82) is 0 Å². The summed E-state index contributed by atoms with van der Waals surface area (Å²) in [6.45, 7) is 7.58. The van der Waals surface area contributed by atoms with E-state index in [1.165, 1.54) is 0 Å². The number of hydrazine groups is 1. The molecule has 5 nitrogen and oxygen atoms in total. The minimum Gasteiger partial charge on any atom is -0.337 e. The van der Waals surface area contributed by atoms with Crippen LogP contribution in [0.1, 0.15) is 44.1 Å². The van der Waals surface area contributed by atoms with Crippen molar-refractivity contribution < 1.29 is 4.79 Å². The maximum absolute atomic E-state index is 12.5. The van der Waals surface area contributed by atoms with E-state index >= 15 is 0 Å². The number of nitrogens with one attached hydrogen (secondary N) is 1. The first kappa shape index (κ1) is 16.7. The number of anilines is 1. The van der Waals surface area contributed by atoms with Crippen molar-refractivity contribution in [2.45, 2.75) is 33.6 Å². The zero-order valence-electron chi connectivity index (χ0n) is 12.3. The van der Waals surface area contributed by atoms with E-state index in [-0.39, 0.29) is 11.6 Å². The summed E-state index contributed by atoms with van der Waals surface area (Å²) in [6, 6.07) is 3.26. The summed E-state index contributed by atoms with van der Waals surface area (Å²) < 4.78 is 0. The van der Waals surface area contributed by atoms with Crippen molar-refractivity contribution in [1.82, 2.24) is 9.88 Å².